The van der Waals surface area contributed by atoms with Gasteiger partial charge in [-0.05, 0) is 12.1 Å². The third-order valence-corrected chi connectivity index (χ3v) is 2.41. The van der Waals surface area contributed by atoms with E-state index in [0.29, 0.717) is 11.5 Å². The minimum absolute atomic E-state index is 0.103. The first-order chi connectivity index (χ1) is 9.83. The molecular formula is C11H9N7O2. The molecule has 100 valence electrons. The van der Waals surface area contributed by atoms with Crippen molar-refractivity contribution >= 4 is 5.91 Å². The van der Waals surface area contributed by atoms with E-state index in [9.17, 15) is 4.79 Å². The van der Waals surface area contributed by atoms with Gasteiger partial charge in [-0.25, -0.2) is 0 Å². The number of pyridine rings is 1. The van der Waals surface area contributed by atoms with Crippen LogP contribution in [0, 0.1) is 0 Å². The molecule has 0 aromatic carbocycles. The molecule has 0 aliphatic rings. The summed E-state index contributed by atoms with van der Waals surface area (Å²) >= 11 is 0. The van der Waals surface area contributed by atoms with E-state index in [4.69, 9.17) is 4.52 Å². The molecule has 0 fully saturated rings. The second-order valence-corrected chi connectivity index (χ2v) is 3.76. The van der Waals surface area contributed by atoms with Gasteiger partial charge in [-0.2, -0.15) is 20.4 Å². The lowest BCUT2D eigenvalue weighted by Crippen LogP contribution is -2.23. The highest BCUT2D eigenvalue weighted by atomic mass is 16.5. The van der Waals surface area contributed by atoms with Gasteiger partial charge in [0.15, 0.2) is 5.69 Å². The maximum absolute atomic E-state index is 11.6. The molecule has 0 aliphatic heterocycles. The highest BCUT2D eigenvalue weighted by Gasteiger charge is 2.12. The predicted octanol–water partition coefficient (Wildman–Crippen LogP) is 0.180. The zero-order valence-corrected chi connectivity index (χ0v) is 10.1. The molecule has 0 saturated heterocycles. The average molecular weight is 271 g/mol. The lowest BCUT2D eigenvalue weighted by Gasteiger charge is -1.96. The summed E-state index contributed by atoms with van der Waals surface area (Å²) in [6.45, 7) is 0.103. The zero-order valence-electron chi connectivity index (χ0n) is 10.1. The van der Waals surface area contributed by atoms with Crippen molar-refractivity contribution in [2.24, 2.45) is 0 Å². The molecule has 9 heteroatoms. The molecule has 0 bridgehead atoms. The van der Waals surface area contributed by atoms with E-state index in [1.807, 2.05) is 6.07 Å². The Morgan fingerprint density at radius 1 is 1.40 bits per heavy atom. The highest BCUT2D eigenvalue weighted by Crippen LogP contribution is 2.11. The molecule has 0 saturated carbocycles. The van der Waals surface area contributed by atoms with E-state index >= 15 is 0 Å². The van der Waals surface area contributed by atoms with Crippen LogP contribution >= 0.6 is 0 Å². The van der Waals surface area contributed by atoms with E-state index in [0.717, 1.165) is 0 Å². The van der Waals surface area contributed by atoms with E-state index in [2.05, 4.69) is 35.9 Å². The Balaban J connectivity index is 1.65. The van der Waals surface area contributed by atoms with Crippen LogP contribution < -0.4 is 5.32 Å². The normalized spacial score (nSPS) is 10.4. The number of H-pyrrole nitrogens is 1. The summed E-state index contributed by atoms with van der Waals surface area (Å²) in [5.41, 5.74) is 0.791. The average Bonchev–Trinajstić information content (AvgIpc) is 3.17. The van der Waals surface area contributed by atoms with Crippen LogP contribution in [-0.4, -0.2) is 36.4 Å². The fourth-order valence-electron chi connectivity index (χ4n) is 1.48. The van der Waals surface area contributed by atoms with Gasteiger partial charge in [-0.1, -0.05) is 11.2 Å². The summed E-state index contributed by atoms with van der Waals surface area (Å²) in [6, 6.07) is 5.38. The van der Waals surface area contributed by atoms with Crippen LogP contribution in [0.2, 0.25) is 0 Å². The molecule has 3 aromatic heterocycles. The summed E-state index contributed by atoms with van der Waals surface area (Å²) in [5.74, 6) is 0.273. The van der Waals surface area contributed by atoms with Crippen molar-refractivity contribution in [2.75, 3.05) is 0 Å². The Kier molecular flexibility index (Phi) is 3.15. The number of aromatic nitrogens is 6. The monoisotopic (exact) mass is 271 g/mol. The topological polar surface area (TPSA) is 122 Å². The third kappa shape index (κ3) is 2.51. The van der Waals surface area contributed by atoms with Gasteiger partial charge in [-0.15, -0.1) is 0 Å². The fourth-order valence-corrected chi connectivity index (χ4v) is 1.48. The summed E-state index contributed by atoms with van der Waals surface area (Å²) in [7, 11) is 0. The summed E-state index contributed by atoms with van der Waals surface area (Å²) < 4.78 is 5.03. The van der Waals surface area contributed by atoms with Crippen molar-refractivity contribution in [1.82, 2.24) is 35.9 Å². The van der Waals surface area contributed by atoms with Crippen molar-refractivity contribution in [3.05, 3.63) is 42.2 Å². The Hall–Kier alpha value is -3.10. The zero-order chi connectivity index (χ0) is 13.8. The summed E-state index contributed by atoms with van der Waals surface area (Å²) in [4.78, 5) is 19.9. The summed E-state index contributed by atoms with van der Waals surface area (Å²) in [6.07, 6.45) is 2.96. The van der Waals surface area contributed by atoms with Crippen LogP contribution in [0.1, 0.15) is 16.4 Å². The molecule has 20 heavy (non-hydrogen) atoms. The Bertz CT molecular complexity index is 693. The number of carbonyl (C=O) groups excluding carboxylic acids is 1. The van der Waals surface area contributed by atoms with Crippen molar-refractivity contribution in [1.29, 1.82) is 0 Å². The third-order valence-electron chi connectivity index (χ3n) is 2.41. The first-order valence-corrected chi connectivity index (χ1v) is 5.71. The van der Waals surface area contributed by atoms with Crippen molar-refractivity contribution in [3.63, 3.8) is 0 Å². The first-order valence-electron chi connectivity index (χ1n) is 5.71. The lowest BCUT2D eigenvalue weighted by atomic mass is 10.3. The molecule has 3 heterocycles. The van der Waals surface area contributed by atoms with Gasteiger partial charge < -0.3 is 9.84 Å². The Morgan fingerprint density at radius 2 is 2.35 bits per heavy atom. The Labute approximate surface area is 112 Å². The van der Waals surface area contributed by atoms with Crippen LogP contribution in [0.5, 0.6) is 0 Å². The van der Waals surface area contributed by atoms with Crippen molar-refractivity contribution in [2.45, 2.75) is 6.54 Å². The summed E-state index contributed by atoms with van der Waals surface area (Å²) in [5, 5.41) is 15.9. The minimum atomic E-state index is -0.378. The number of hydrogen-bond acceptors (Lipinski definition) is 7. The largest absolute Gasteiger partial charge is 0.342 e. The minimum Gasteiger partial charge on any atom is -0.342 e. The van der Waals surface area contributed by atoms with Crippen LogP contribution in [0.25, 0.3) is 11.5 Å². The highest BCUT2D eigenvalue weighted by molar-refractivity contribution is 5.91. The molecule has 1 amide bonds. The SMILES string of the molecule is O=C(NCc1nc(-c2ccccn2)no1)c1cn[nH]n1. The van der Waals surface area contributed by atoms with Gasteiger partial charge in [0.25, 0.3) is 5.91 Å². The van der Waals surface area contributed by atoms with Gasteiger partial charge in [0.05, 0.1) is 12.7 Å². The van der Waals surface area contributed by atoms with Gasteiger partial charge in [-0.3, -0.25) is 9.78 Å². The van der Waals surface area contributed by atoms with Crippen LogP contribution in [0.15, 0.2) is 35.1 Å². The molecule has 2 N–H and O–H groups in total. The van der Waals surface area contributed by atoms with Crippen LogP contribution in [0.3, 0.4) is 0 Å². The maximum Gasteiger partial charge on any atom is 0.273 e. The predicted molar refractivity (Wildman–Crippen MR) is 65.1 cm³/mol. The number of carbonyl (C=O) groups is 1. The molecule has 0 aliphatic carbocycles. The molecule has 0 atom stereocenters. The number of nitrogens with one attached hydrogen (secondary N) is 2. The molecular weight excluding hydrogens is 262 g/mol. The molecule has 0 spiro atoms. The number of hydrogen-bond donors (Lipinski definition) is 2. The van der Waals surface area contributed by atoms with Gasteiger partial charge in [0.2, 0.25) is 11.7 Å². The quantitative estimate of drug-likeness (QED) is 0.693. The fraction of sp³-hybridized carbons (Fsp3) is 0.0909. The smallest absolute Gasteiger partial charge is 0.273 e. The van der Waals surface area contributed by atoms with Crippen molar-refractivity contribution < 1.29 is 9.32 Å². The van der Waals surface area contributed by atoms with Gasteiger partial charge >= 0.3 is 0 Å². The van der Waals surface area contributed by atoms with E-state index in [1.165, 1.54) is 6.20 Å². The second kappa shape index (κ2) is 5.26. The standard InChI is InChI=1S/C11H9N7O2/c19-11(8-5-14-18-16-8)13-6-9-15-10(17-20-9)7-3-1-2-4-12-7/h1-5H,6H2,(H,13,19)(H,14,16,18). The number of nitrogens with zero attached hydrogens (tertiary/aromatic N) is 5. The molecule has 0 radical (unpaired) electrons. The van der Waals surface area contributed by atoms with E-state index in [-0.39, 0.29) is 24.0 Å². The number of amides is 1. The number of aromatic amines is 1. The molecule has 3 rings (SSSR count). The second-order valence-electron chi connectivity index (χ2n) is 3.76. The maximum atomic E-state index is 11.6. The van der Waals surface area contributed by atoms with Crippen LogP contribution in [-0.2, 0) is 6.54 Å². The van der Waals surface area contributed by atoms with Gasteiger partial charge in [0, 0.05) is 6.20 Å². The van der Waals surface area contributed by atoms with Crippen LogP contribution in [0.4, 0.5) is 0 Å². The number of rotatable bonds is 4. The molecule has 0 unspecified atom stereocenters. The van der Waals surface area contributed by atoms with E-state index < -0.39 is 0 Å². The Morgan fingerprint density at radius 3 is 3.10 bits per heavy atom. The van der Waals surface area contributed by atoms with Gasteiger partial charge in [0.1, 0.15) is 5.69 Å². The molecule has 3 aromatic rings. The molecule has 9 nitrogen and oxygen atoms in total. The van der Waals surface area contributed by atoms with E-state index in [1.54, 1.807) is 18.3 Å². The lowest BCUT2D eigenvalue weighted by molar-refractivity contribution is 0.0941. The van der Waals surface area contributed by atoms with Crippen molar-refractivity contribution in [3.8, 4) is 11.5 Å². The first kappa shape index (κ1) is 12.0.